The molecule has 0 spiro atoms. The van der Waals surface area contributed by atoms with Gasteiger partial charge in [0.2, 0.25) is 0 Å². The van der Waals surface area contributed by atoms with Gasteiger partial charge in [0.15, 0.2) is 5.82 Å². The highest BCUT2D eigenvalue weighted by Crippen LogP contribution is 2.34. The number of rotatable bonds is 1. The van der Waals surface area contributed by atoms with Crippen LogP contribution in [0, 0.1) is 5.82 Å². The van der Waals surface area contributed by atoms with Crippen molar-refractivity contribution in [1.82, 2.24) is 14.5 Å². The molecule has 28 heavy (non-hydrogen) atoms. The standard InChI is InChI=1S/C13H12FN5.C6H4Cl2S/c1-19-5-8(7-3-2-4-9(15)11(7)14)10-12(16)17-6-18-13(10)19;7-4-1-2-5(8)6(9)3-4/h2-6H,15H2,1H3,(H2,16,17,18);1-3,9H. The highest BCUT2D eigenvalue weighted by atomic mass is 35.5. The maximum Gasteiger partial charge on any atom is 0.153 e. The summed E-state index contributed by atoms with van der Waals surface area (Å²) >= 11 is 15.3. The SMILES string of the molecule is Cn1cc(-c2cccc(N)c2F)c2c(N)ncnc21.Sc1cc(Cl)ccc1Cl. The highest BCUT2D eigenvalue weighted by molar-refractivity contribution is 7.80. The Morgan fingerprint density at radius 2 is 1.82 bits per heavy atom. The number of anilines is 2. The van der Waals surface area contributed by atoms with Crippen molar-refractivity contribution >= 4 is 58.4 Å². The van der Waals surface area contributed by atoms with Crippen LogP contribution in [0.15, 0.2) is 53.8 Å². The molecule has 2 aromatic carbocycles. The molecular weight excluding hydrogens is 420 g/mol. The smallest absolute Gasteiger partial charge is 0.153 e. The Labute approximate surface area is 176 Å². The van der Waals surface area contributed by atoms with E-state index in [4.69, 9.17) is 34.7 Å². The molecule has 0 aliphatic heterocycles. The van der Waals surface area contributed by atoms with E-state index in [2.05, 4.69) is 22.6 Å². The van der Waals surface area contributed by atoms with E-state index in [1.807, 2.05) is 7.05 Å². The minimum Gasteiger partial charge on any atom is -0.396 e. The van der Waals surface area contributed by atoms with E-state index in [-0.39, 0.29) is 5.69 Å². The molecule has 0 radical (unpaired) electrons. The van der Waals surface area contributed by atoms with Crippen LogP contribution in [0.1, 0.15) is 0 Å². The number of aromatic nitrogens is 3. The van der Waals surface area contributed by atoms with Crippen molar-refractivity contribution in [1.29, 1.82) is 0 Å². The van der Waals surface area contributed by atoms with Crippen molar-refractivity contribution in [2.45, 2.75) is 4.90 Å². The maximum absolute atomic E-state index is 14.1. The number of nitrogens with two attached hydrogens (primary N) is 2. The molecule has 4 N–H and O–H groups in total. The van der Waals surface area contributed by atoms with Crippen molar-refractivity contribution in [2.24, 2.45) is 7.05 Å². The fraction of sp³-hybridized carbons (Fsp3) is 0.0526. The zero-order valence-electron chi connectivity index (χ0n) is 14.7. The number of benzene rings is 2. The molecular formula is C19H16Cl2FN5S. The molecule has 4 aromatic rings. The Balaban J connectivity index is 0.000000211. The van der Waals surface area contributed by atoms with Gasteiger partial charge in [0.1, 0.15) is 17.8 Å². The first-order valence-corrected chi connectivity index (χ1v) is 9.23. The van der Waals surface area contributed by atoms with Gasteiger partial charge in [-0.05, 0) is 24.3 Å². The molecule has 0 aliphatic carbocycles. The van der Waals surface area contributed by atoms with Gasteiger partial charge in [-0.1, -0.05) is 35.3 Å². The molecule has 0 fully saturated rings. The third-order valence-corrected chi connectivity index (χ3v) is 5.08. The summed E-state index contributed by atoms with van der Waals surface area (Å²) in [7, 11) is 1.82. The zero-order chi connectivity index (χ0) is 20.4. The Bertz CT molecular complexity index is 1160. The van der Waals surface area contributed by atoms with Gasteiger partial charge in [-0.15, -0.1) is 12.6 Å². The Morgan fingerprint density at radius 3 is 2.50 bits per heavy atom. The predicted octanol–water partition coefficient (Wildman–Crippen LogP) is 5.22. The van der Waals surface area contributed by atoms with Gasteiger partial charge in [0.05, 0.1) is 16.1 Å². The summed E-state index contributed by atoms with van der Waals surface area (Å²) in [4.78, 5) is 8.83. The summed E-state index contributed by atoms with van der Waals surface area (Å²) in [6.45, 7) is 0. The highest BCUT2D eigenvalue weighted by Gasteiger charge is 2.17. The van der Waals surface area contributed by atoms with Crippen LogP contribution in [-0.4, -0.2) is 14.5 Å². The van der Waals surface area contributed by atoms with Gasteiger partial charge in [-0.2, -0.15) is 0 Å². The molecule has 2 aromatic heterocycles. The first kappa shape index (κ1) is 20.3. The van der Waals surface area contributed by atoms with Crippen LogP contribution in [0.2, 0.25) is 10.0 Å². The molecule has 144 valence electrons. The van der Waals surface area contributed by atoms with Crippen LogP contribution in [0.25, 0.3) is 22.2 Å². The molecule has 0 atom stereocenters. The van der Waals surface area contributed by atoms with E-state index in [1.165, 1.54) is 12.4 Å². The van der Waals surface area contributed by atoms with Crippen LogP contribution in [-0.2, 0) is 7.05 Å². The van der Waals surface area contributed by atoms with Gasteiger partial charge in [-0.25, -0.2) is 14.4 Å². The first-order chi connectivity index (χ1) is 13.3. The zero-order valence-corrected chi connectivity index (χ0v) is 17.1. The van der Waals surface area contributed by atoms with Crippen LogP contribution >= 0.6 is 35.8 Å². The average Bonchev–Trinajstić information content (AvgIpc) is 2.99. The first-order valence-electron chi connectivity index (χ1n) is 8.03. The molecule has 0 amide bonds. The van der Waals surface area contributed by atoms with E-state index in [1.54, 1.807) is 41.1 Å². The molecule has 0 saturated carbocycles. The molecule has 9 heteroatoms. The monoisotopic (exact) mass is 435 g/mol. The fourth-order valence-corrected chi connectivity index (χ4v) is 3.26. The van der Waals surface area contributed by atoms with Crippen LogP contribution in [0.4, 0.5) is 15.9 Å². The largest absolute Gasteiger partial charge is 0.396 e. The molecule has 0 aliphatic rings. The third kappa shape index (κ3) is 4.01. The van der Waals surface area contributed by atoms with Gasteiger partial charge in [-0.3, -0.25) is 0 Å². The summed E-state index contributed by atoms with van der Waals surface area (Å²) in [6.07, 6.45) is 3.16. The number of nitrogens with zero attached hydrogens (tertiary/aromatic N) is 3. The van der Waals surface area contributed by atoms with Crippen molar-refractivity contribution in [3.63, 3.8) is 0 Å². The lowest BCUT2D eigenvalue weighted by molar-refractivity contribution is 0.636. The minimum atomic E-state index is -0.460. The van der Waals surface area contributed by atoms with E-state index >= 15 is 0 Å². The fourth-order valence-electron chi connectivity index (χ4n) is 2.68. The number of fused-ring (bicyclic) bond motifs is 1. The summed E-state index contributed by atoms with van der Waals surface area (Å²) in [5, 5.41) is 1.92. The Kier molecular flexibility index (Phi) is 5.98. The van der Waals surface area contributed by atoms with Gasteiger partial charge >= 0.3 is 0 Å². The van der Waals surface area contributed by atoms with E-state index < -0.39 is 5.82 Å². The molecule has 0 unspecified atom stereocenters. The minimum absolute atomic E-state index is 0.102. The lowest BCUT2D eigenvalue weighted by atomic mass is 10.0. The maximum atomic E-state index is 14.1. The Morgan fingerprint density at radius 1 is 1.07 bits per heavy atom. The van der Waals surface area contributed by atoms with Crippen molar-refractivity contribution in [3.05, 3.63) is 64.8 Å². The second kappa shape index (κ2) is 8.26. The number of halogens is 3. The number of thiol groups is 1. The molecule has 0 saturated heterocycles. The lowest BCUT2D eigenvalue weighted by Crippen LogP contribution is -1.95. The second-order valence-corrected chi connectivity index (χ2v) is 7.24. The summed E-state index contributed by atoms with van der Waals surface area (Å²) in [5.41, 5.74) is 13.3. The molecule has 0 bridgehead atoms. The van der Waals surface area contributed by atoms with Gasteiger partial charge < -0.3 is 16.0 Å². The molecule has 5 nitrogen and oxygen atoms in total. The summed E-state index contributed by atoms with van der Waals surface area (Å²) in [5.74, 6) is -0.138. The number of hydrogen-bond acceptors (Lipinski definition) is 5. The van der Waals surface area contributed by atoms with E-state index in [9.17, 15) is 4.39 Å². The van der Waals surface area contributed by atoms with Gasteiger partial charge in [0, 0.05) is 34.3 Å². The van der Waals surface area contributed by atoms with E-state index in [0.717, 1.165) is 0 Å². The number of hydrogen-bond donors (Lipinski definition) is 3. The van der Waals surface area contributed by atoms with E-state index in [0.29, 0.717) is 42.9 Å². The molecule has 4 rings (SSSR count). The molecule has 2 heterocycles. The van der Waals surface area contributed by atoms with Crippen LogP contribution < -0.4 is 11.5 Å². The van der Waals surface area contributed by atoms with Crippen molar-refractivity contribution < 1.29 is 4.39 Å². The van der Waals surface area contributed by atoms with Crippen LogP contribution in [0.5, 0.6) is 0 Å². The Hall–Kier alpha value is -2.48. The second-order valence-electron chi connectivity index (χ2n) is 5.92. The topological polar surface area (TPSA) is 82.8 Å². The quantitative estimate of drug-likeness (QED) is 0.282. The average molecular weight is 436 g/mol. The van der Waals surface area contributed by atoms with Crippen molar-refractivity contribution in [3.8, 4) is 11.1 Å². The number of nitrogen functional groups attached to an aromatic ring is 2. The van der Waals surface area contributed by atoms with Crippen molar-refractivity contribution in [2.75, 3.05) is 11.5 Å². The van der Waals surface area contributed by atoms with Gasteiger partial charge in [0.25, 0.3) is 0 Å². The lowest BCUT2D eigenvalue weighted by Gasteiger charge is -2.04. The summed E-state index contributed by atoms with van der Waals surface area (Å²) in [6, 6.07) is 10.0. The summed E-state index contributed by atoms with van der Waals surface area (Å²) < 4.78 is 15.9. The predicted molar refractivity (Wildman–Crippen MR) is 116 cm³/mol. The normalized spacial score (nSPS) is 10.6. The third-order valence-electron chi connectivity index (χ3n) is 4.01. The number of aryl methyl sites for hydroxylation is 1. The van der Waals surface area contributed by atoms with Crippen LogP contribution in [0.3, 0.4) is 0 Å².